The first-order chi connectivity index (χ1) is 8.56. The summed E-state index contributed by atoms with van der Waals surface area (Å²) in [6.07, 6.45) is 3.35. The molecule has 0 aliphatic rings. The summed E-state index contributed by atoms with van der Waals surface area (Å²) in [6, 6.07) is 0. The zero-order valence-electron chi connectivity index (χ0n) is 11.5. The molecule has 1 amide bonds. The number of amides is 1. The number of hydrogen-bond donors (Lipinski definition) is 2. The minimum atomic E-state index is -0.757. The summed E-state index contributed by atoms with van der Waals surface area (Å²) in [5, 5.41) is 8.51. The Morgan fingerprint density at radius 3 is 2.33 bits per heavy atom. The van der Waals surface area contributed by atoms with E-state index in [0.29, 0.717) is 26.1 Å². The van der Waals surface area contributed by atoms with Gasteiger partial charge in [0.15, 0.2) is 0 Å². The van der Waals surface area contributed by atoms with E-state index in [0.717, 1.165) is 19.3 Å². The molecule has 0 radical (unpaired) electrons. The van der Waals surface area contributed by atoms with E-state index < -0.39 is 5.97 Å². The molecule has 0 aliphatic carbocycles. The predicted octanol–water partition coefficient (Wildman–Crippen LogP) is 1.46. The van der Waals surface area contributed by atoms with Crippen LogP contribution in [0.1, 0.15) is 46.0 Å². The van der Waals surface area contributed by atoms with E-state index in [2.05, 4.69) is 0 Å². The summed E-state index contributed by atoms with van der Waals surface area (Å²) >= 11 is 0. The normalized spacial score (nSPS) is 12.2. The monoisotopic (exact) mass is 258 g/mol. The van der Waals surface area contributed by atoms with Crippen molar-refractivity contribution in [3.05, 3.63) is 0 Å². The number of aliphatic carboxylic acids is 1. The molecule has 0 aliphatic heterocycles. The SMILES string of the molecule is CCC(CN)C(=O)N(CC)CCCCCC(=O)O. The number of rotatable bonds is 10. The molecule has 0 fully saturated rings. The van der Waals surface area contributed by atoms with Crippen LogP contribution in [0.4, 0.5) is 0 Å². The summed E-state index contributed by atoms with van der Waals surface area (Å²) in [5.74, 6) is -0.711. The van der Waals surface area contributed by atoms with Crippen molar-refractivity contribution in [3.8, 4) is 0 Å². The van der Waals surface area contributed by atoms with Crippen molar-refractivity contribution in [3.63, 3.8) is 0 Å². The van der Waals surface area contributed by atoms with Crippen molar-refractivity contribution in [2.75, 3.05) is 19.6 Å². The minimum Gasteiger partial charge on any atom is -0.481 e. The van der Waals surface area contributed by atoms with E-state index in [9.17, 15) is 9.59 Å². The summed E-state index contributed by atoms with van der Waals surface area (Å²) in [7, 11) is 0. The third-order valence-corrected chi connectivity index (χ3v) is 3.14. The van der Waals surface area contributed by atoms with Crippen LogP contribution in [0.2, 0.25) is 0 Å². The molecule has 0 aromatic carbocycles. The van der Waals surface area contributed by atoms with Crippen molar-refractivity contribution < 1.29 is 14.7 Å². The molecule has 106 valence electrons. The number of carbonyl (C=O) groups is 2. The molecule has 0 aromatic heterocycles. The fraction of sp³-hybridized carbons (Fsp3) is 0.846. The maximum Gasteiger partial charge on any atom is 0.303 e. The Morgan fingerprint density at radius 2 is 1.89 bits per heavy atom. The lowest BCUT2D eigenvalue weighted by molar-refractivity contribution is -0.137. The van der Waals surface area contributed by atoms with Gasteiger partial charge in [0, 0.05) is 26.1 Å². The fourth-order valence-electron chi connectivity index (χ4n) is 1.88. The smallest absolute Gasteiger partial charge is 0.303 e. The molecule has 0 heterocycles. The maximum atomic E-state index is 12.1. The van der Waals surface area contributed by atoms with Crippen molar-refractivity contribution in [1.29, 1.82) is 0 Å². The quantitative estimate of drug-likeness (QED) is 0.581. The Hall–Kier alpha value is -1.10. The molecule has 0 saturated heterocycles. The van der Waals surface area contributed by atoms with Crippen molar-refractivity contribution in [2.45, 2.75) is 46.0 Å². The van der Waals surface area contributed by atoms with Gasteiger partial charge >= 0.3 is 5.97 Å². The van der Waals surface area contributed by atoms with E-state index in [1.54, 1.807) is 0 Å². The van der Waals surface area contributed by atoms with Crippen LogP contribution in [0.25, 0.3) is 0 Å². The van der Waals surface area contributed by atoms with Crippen LogP contribution in [0.5, 0.6) is 0 Å². The van der Waals surface area contributed by atoms with Crippen LogP contribution >= 0.6 is 0 Å². The Labute approximate surface area is 109 Å². The van der Waals surface area contributed by atoms with Gasteiger partial charge in [-0.05, 0) is 26.2 Å². The Morgan fingerprint density at radius 1 is 1.22 bits per heavy atom. The highest BCUT2D eigenvalue weighted by molar-refractivity contribution is 5.79. The lowest BCUT2D eigenvalue weighted by Crippen LogP contribution is -2.39. The van der Waals surface area contributed by atoms with E-state index in [4.69, 9.17) is 10.8 Å². The Bertz CT molecular complexity index is 253. The predicted molar refractivity (Wildman–Crippen MR) is 71.2 cm³/mol. The fourth-order valence-corrected chi connectivity index (χ4v) is 1.88. The van der Waals surface area contributed by atoms with E-state index in [1.807, 2.05) is 18.7 Å². The largest absolute Gasteiger partial charge is 0.481 e. The molecule has 0 bridgehead atoms. The van der Waals surface area contributed by atoms with Crippen molar-refractivity contribution in [1.82, 2.24) is 4.90 Å². The first kappa shape index (κ1) is 16.9. The molecule has 5 heteroatoms. The van der Waals surface area contributed by atoms with E-state index >= 15 is 0 Å². The third-order valence-electron chi connectivity index (χ3n) is 3.14. The van der Waals surface area contributed by atoms with Gasteiger partial charge in [-0.1, -0.05) is 13.3 Å². The molecule has 0 spiro atoms. The van der Waals surface area contributed by atoms with Crippen LogP contribution in [-0.4, -0.2) is 41.5 Å². The molecule has 1 atom stereocenters. The molecular formula is C13H26N2O3. The van der Waals surface area contributed by atoms with E-state index in [-0.39, 0.29) is 18.2 Å². The summed E-state index contributed by atoms with van der Waals surface area (Å²) in [5.41, 5.74) is 5.57. The van der Waals surface area contributed by atoms with Gasteiger partial charge < -0.3 is 15.7 Å². The number of nitrogens with zero attached hydrogens (tertiary/aromatic N) is 1. The third kappa shape index (κ3) is 6.59. The van der Waals surface area contributed by atoms with Gasteiger partial charge in [0.25, 0.3) is 0 Å². The second kappa shape index (κ2) is 9.88. The first-order valence-corrected chi connectivity index (χ1v) is 6.77. The minimum absolute atomic E-state index is 0.0797. The van der Waals surface area contributed by atoms with Crippen LogP contribution in [0, 0.1) is 5.92 Å². The maximum absolute atomic E-state index is 12.1. The Kier molecular flexibility index (Phi) is 9.28. The first-order valence-electron chi connectivity index (χ1n) is 6.77. The number of carbonyl (C=O) groups excluding carboxylic acids is 1. The van der Waals surface area contributed by atoms with Gasteiger partial charge in [-0.15, -0.1) is 0 Å². The van der Waals surface area contributed by atoms with E-state index in [1.165, 1.54) is 0 Å². The molecule has 0 rings (SSSR count). The van der Waals surface area contributed by atoms with Gasteiger partial charge in [0.2, 0.25) is 5.91 Å². The Balaban J connectivity index is 3.95. The number of carboxylic acids is 1. The van der Waals surface area contributed by atoms with Gasteiger partial charge in [0.1, 0.15) is 0 Å². The summed E-state index contributed by atoms with van der Waals surface area (Å²) in [6.45, 7) is 5.71. The van der Waals surface area contributed by atoms with Crippen LogP contribution < -0.4 is 5.73 Å². The van der Waals surface area contributed by atoms with Gasteiger partial charge in [-0.3, -0.25) is 9.59 Å². The topological polar surface area (TPSA) is 83.6 Å². The molecule has 1 unspecified atom stereocenters. The number of unbranched alkanes of at least 4 members (excludes halogenated alkanes) is 2. The van der Waals surface area contributed by atoms with Crippen LogP contribution in [0.15, 0.2) is 0 Å². The standard InChI is InChI=1S/C13H26N2O3/c1-3-11(10-14)13(18)15(4-2)9-7-5-6-8-12(16)17/h11H,3-10,14H2,1-2H3,(H,16,17). The second-order valence-corrected chi connectivity index (χ2v) is 4.46. The van der Waals surface area contributed by atoms with Gasteiger partial charge in [-0.25, -0.2) is 0 Å². The van der Waals surface area contributed by atoms with Crippen molar-refractivity contribution in [2.24, 2.45) is 11.7 Å². The molecule has 0 saturated carbocycles. The highest BCUT2D eigenvalue weighted by atomic mass is 16.4. The molecule has 0 aromatic rings. The average molecular weight is 258 g/mol. The average Bonchev–Trinajstić information content (AvgIpc) is 2.34. The molecule has 3 N–H and O–H groups in total. The number of carboxylic acid groups (broad SMARTS) is 1. The van der Waals surface area contributed by atoms with Crippen molar-refractivity contribution >= 4 is 11.9 Å². The lowest BCUT2D eigenvalue weighted by Gasteiger charge is -2.25. The number of hydrogen-bond acceptors (Lipinski definition) is 3. The van der Waals surface area contributed by atoms with Gasteiger partial charge in [-0.2, -0.15) is 0 Å². The highest BCUT2D eigenvalue weighted by Gasteiger charge is 2.19. The summed E-state index contributed by atoms with van der Waals surface area (Å²) in [4.78, 5) is 24.2. The number of nitrogens with two attached hydrogens (primary N) is 1. The van der Waals surface area contributed by atoms with Crippen LogP contribution in [0.3, 0.4) is 0 Å². The zero-order chi connectivity index (χ0) is 14.0. The molecule has 5 nitrogen and oxygen atoms in total. The molecular weight excluding hydrogens is 232 g/mol. The van der Waals surface area contributed by atoms with Crippen LogP contribution in [-0.2, 0) is 9.59 Å². The highest BCUT2D eigenvalue weighted by Crippen LogP contribution is 2.08. The van der Waals surface area contributed by atoms with Gasteiger partial charge in [0.05, 0.1) is 5.92 Å². The molecule has 18 heavy (non-hydrogen) atoms. The lowest BCUT2D eigenvalue weighted by atomic mass is 10.0. The zero-order valence-corrected chi connectivity index (χ0v) is 11.5. The summed E-state index contributed by atoms with van der Waals surface area (Å²) < 4.78 is 0. The second-order valence-electron chi connectivity index (χ2n) is 4.46.